The predicted molar refractivity (Wildman–Crippen MR) is 74.9 cm³/mol. The molecule has 0 aliphatic heterocycles. The van der Waals surface area contributed by atoms with Gasteiger partial charge in [-0.15, -0.1) is 0 Å². The van der Waals surface area contributed by atoms with E-state index in [4.69, 9.17) is 4.74 Å². The number of halogens is 2. The van der Waals surface area contributed by atoms with E-state index in [1.807, 2.05) is 6.92 Å². The molecule has 2 rings (SSSR count). The fourth-order valence-corrected chi connectivity index (χ4v) is 2.16. The molecule has 0 radical (unpaired) electrons. The average Bonchev–Trinajstić information content (AvgIpc) is 2.46. The molecule has 0 saturated heterocycles. The highest BCUT2D eigenvalue weighted by Crippen LogP contribution is 2.33. The van der Waals surface area contributed by atoms with E-state index in [1.54, 1.807) is 43.5 Å². The van der Waals surface area contributed by atoms with Crippen molar-refractivity contribution in [2.24, 2.45) is 0 Å². The van der Waals surface area contributed by atoms with Crippen LogP contribution in [0.4, 0.5) is 8.78 Å². The molecule has 0 aromatic heterocycles. The number of ether oxygens (including phenoxy) is 2. The van der Waals surface area contributed by atoms with Gasteiger partial charge < -0.3 is 14.6 Å². The van der Waals surface area contributed by atoms with E-state index in [9.17, 15) is 13.9 Å². The lowest BCUT2D eigenvalue weighted by Gasteiger charge is -2.18. The summed E-state index contributed by atoms with van der Waals surface area (Å²) in [6.45, 7) is -1.12. The third-order valence-electron chi connectivity index (χ3n) is 3.20. The Morgan fingerprint density at radius 1 is 1.05 bits per heavy atom. The fraction of sp³-hybridized carbons (Fsp3) is 0.250. The molecule has 112 valence electrons. The highest BCUT2D eigenvalue weighted by atomic mass is 19.3. The van der Waals surface area contributed by atoms with Crippen molar-refractivity contribution in [2.45, 2.75) is 19.6 Å². The van der Waals surface area contributed by atoms with Crippen LogP contribution in [0, 0.1) is 6.92 Å². The summed E-state index contributed by atoms with van der Waals surface area (Å²) in [5.74, 6) is 0.635. The number of aliphatic hydroxyl groups is 1. The Balaban J connectivity index is 2.38. The van der Waals surface area contributed by atoms with Crippen molar-refractivity contribution in [3.05, 3.63) is 59.2 Å². The minimum Gasteiger partial charge on any atom is -0.497 e. The van der Waals surface area contributed by atoms with Gasteiger partial charge in [0.25, 0.3) is 0 Å². The topological polar surface area (TPSA) is 38.7 Å². The lowest BCUT2D eigenvalue weighted by atomic mass is 9.96. The van der Waals surface area contributed by atoms with Crippen LogP contribution >= 0.6 is 0 Å². The SMILES string of the molecule is COc1ccc(C(O)c2ccccc2OC(F)F)c(C)c1. The zero-order chi connectivity index (χ0) is 15.4. The Morgan fingerprint density at radius 3 is 2.38 bits per heavy atom. The summed E-state index contributed by atoms with van der Waals surface area (Å²) >= 11 is 0. The molecule has 3 nitrogen and oxygen atoms in total. The van der Waals surface area contributed by atoms with Gasteiger partial charge >= 0.3 is 6.61 Å². The molecule has 21 heavy (non-hydrogen) atoms. The number of hydrogen-bond donors (Lipinski definition) is 1. The van der Waals surface area contributed by atoms with Crippen LogP contribution in [0.5, 0.6) is 11.5 Å². The van der Waals surface area contributed by atoms with Crippen LogP contribution in [-0.2, 0) is 0 Å². The van der Waals surface area contributed by atoms with E-state index in [1.165, 1.54) is 6.07 Å². The second-order valence-corrected chi connectivity index (χ2v) is 4.54. The van der Waals surface area contributed by atoms with Crippen LogP contribution in [0.3, 0.4) is 0 Å². The molecule has 0 aliphatic carbocycles. The number of para-hydroxylation sites is 1. The number of methoxy groups -OCH3 is 1. The number of rotatable bonds is 5. The fourth-order valence-electron chi connectivity index (χ4n) is 2.16. The van der Waals surface area contributed by atoms with E-state index >= 15 is 0 Å². The van der Waals surface area contributed by atoms with Crippen molar-refractivity contribution in [3.8, 4) is 11.5 Å². The van der Waals surface area contributed by atoms with Crippen LogP contribution in [0.25, 0.3) is 0 Å². The third kappa shape index (κ3) is 3.49. The molecule has 0 aliphatic rings. The van der Waals surface area contributed by atoms with Crippen LogP contribution in [0.1, 0.15) is 22.8 Å². The molecular formula is C16H16F2O3. The van der Waals surface area contributed by atoms with E-state index in [-0.39, 0.29) is 5.75 Å². The first-order valence-electron chi connectivity index (χ1n) is 6.39. The Kier molecular flexibility index (Phi) is 4.75. The van der Waals surface area contributed by atoms with Crippen molar-refractivity contribution in [1.29, 1.82) is 0 Å². The van der Waals surface area contributed by atoms with Gasteiger partial charge in [-0.05, 0) is 36.2 Å². The highest BCUT2D eigenvalue weighted by molar-refractivity contribution is 5.44. The Morgan fingerprint density at radius 2 is 1.76 bits per heavy atom. The summed E-state index contributed by atoms with van der Waals surface area (Å²) in [5, 5.41) is 10.5. The van der Waals surface area contributed by atoms with Gasteiger partial charge in [-0.2, -0.15) is 8.78 Å². The third-order valence-corrected chi connectivity index (χ3v) is 3.20. The number of aryl methyl sites for hydroxylation is 1. The smallest absolute Gasteiger partial charge is 0.387 e. The second-order valence-electron chi connectivity index (χ2n) is 4.54. The van der Waals surface area contributed by atoms with Gasteiger partial charge in [0.2, 0.25) is 0 Å². The molecule has 1 N–H and O–H groups in total. The molecule has 1 atom stereocenters. The summed E-state index contributed by atoms with van der Waals surface area (Å²) in [4.78, 5) is 0. The van der Waals surface area contributed by atoms with Crippen molar-refractivity contribution in [1.82, 2.24) is 0 Å². The van der Waals surface area contributed by atoms with Crippen molar-refractivity contribution in [3.63, 3.8) is 0 Å². The molecule has 2 aromatic carbocycles. The van der Waals surface area contributed by atoms with Gasteiger partial charge in [-0.1, -0.05) is 24.3 Å². The number of aliphatic hydroxyl groups excluding tert-OH is 1. The van der Waals surface area contributed by atoms with Gasteiger partial charge in [-0.3, -0.25) is 0 Å². The molecule has 2 aromatic rings. The monoisotopic (exact) mass is 294 g/mol. The van der Waals surface area contributed by atoms with Crippen molar-refractivity contribution in [2.75, 3.05) is 7.11 Å². The zero-order valence-electron chi connectivity index (χ0n) is 11.7. The van der Waals surface area contributed by atoms with Crippen LogP contribution in [0.15, 0.2) is 42.5 Å². The van der Waals surface area contributed by atoms with E-state index in [2.05, 4.69) is 4.74 Å². The first kappa shape index (κ1) is 15.3. The van der Waals surface area contributed by atoms with E-state index < -0.39 is 12.7 Å². The first-order valence-corrected chi connectivity index (χ1v) is 6.39. The summed E-state index contributed by atoms with van der Waals surface area (Å²) in [5.41, 5.74) is 1.71. The Bertz CT molecular complexity index is 614. The van der Waals surface area contributed by atoms with E-state index in [0.29, 0.717) is 16.9 Å². The van der Waals surface area contributed by atoms with Gasteiger partial charge in [0.15, 0.2) is 0 Å². The summed E-state index contributed by atoms with van der Waals surface area (Å²) in [6, 6.07) is 11.4. The molecule has 0 saturated carbocycles. The number of alkyl halides is 2. The molecule has 0 spiro atoms. The maximum atomic E-state index is 12.4. The molecule has 5 heteroatoms. The molecule has 0 amide bonds. The second kappa shape index (κ2) is 6.54. The summed E-state index contributed by atoms with van der Waals surface area (Å²) < 4.78 is 34.4. The standard InChI is InChI=1S/C16H16F2O3/c1-10-9-11(20-2)7-8-12(10)15(19)13-5-3-4-6-14(13)21-16(17)18/h3-9,15-16,19H,1-2H3. The van der Waals surface area contributed by atoms with Crippen LogP contribution in [-0.4, -0.2) is 18.8 Å². The van der Waals surface area contributed by atoms with E-state index in [0.717, 1.165) is 5.56 Å². The Hall–Kier alpha value is -2.14. The zero-order valence-corrected chi connectivity index (χ0v) is 11.7. The maximum Gasteiger partial charge on any atom is 0.387 e. The van der Waals surface area contributed by atoms with Crippen molar-refractivity contribution < 1.29 is 23.4 Å². The minimum atomic E-state index is -2.93. The van der Waals surface area contributed by atoms with Crippen LogP contribution in [0.2, 0.25) is 0 Å². The number of hydrogen-bond acceptors (Lipinski definition) is 3. The first-order chi connectivity index (χ1) is 10.0. The number of benzene rings is 2. The lowest BCUT2D eigenvalue weighted by Crippen LogP contribution is -2.08. The van der Waals surface area contributed by atoms with Crippen molar-refractivity contribution >= 4 is 0 Å². The van der Waals surface area contributed by atoms with Gasteiger partial charge in [0.1, 0.15) is 17.6 Å². The molecule has 0 fully saturated rings. The summed E-state index contributed by atoms with van der Waals surface area (Å²) in [7, 11) is 1.55. The summed E-state index contributed by atoms with van der Waals surface area (Å²) in [6.07, 6.45) is -1.05. The molecule has 0 heterocycles. The molecular weight excluding hydrogens is 278 g/mol. The normalized spacial score (nSPS) is 12.3. The minimum absolute atomic E-state index is 0.0322. The molecule has 0 bridgehead atoms. The lowest BCUT2D eigenvalue weighted by molar-refractivity contribution is -0.0512. The van der Waals surface area contributed by atoms with Gasteiger partial charge in [-0.25, -0.2) is 0 Å². The van der Waals surface area contributed by atoms with Crippen LogP contribution < -0.4 is 9.47 Å². The molecule has 1 unspecified atom stereocenters. The quantitative estimate of drug-likeness (QED) is 0.914. The van der Waals surface area contributed by atoms with Gasteiger partial charge in [0, 0.05) is 5.56 Å². The average molecular weight is 294 g/mol. The largest absolute Gasteiger partial charge is 0.497 e. The highest BCUT2D eigenvalue weighted by Gasteiger charge is 2.19. The Labute approximate surface area is 121 Å². The predicted octanol–water partition coefficient (Wildman–Crippen LogP) is 3.69. The maximum absolute atomic E-state index is 12.4. The van der Waals surface area contributed by atoms with Gasteiger partial charge in [0.05, 0.1) is 7.11 Å².